The molecule has 0 bridgehead atoms. The van der Waals surface area contributed by atoms with Crippen molar-refractivity contribution in [1.29, 1.82) is 0 Å². The third kappa shape index (κ3) is 30.9. The molecule has 0 amide bonds. The number of unbranched alkanes of at least 4 members (excludes halogenated alkanes) is 19. The third-order valence-corrected chi connectivity index (χ3v) is 6.65. The van der Waals surface area contributed by atoms with Crippen LogP contribution < -0.4 is 0 Å². The van der Waals surface area contributed by atoms with Crippen LogP contribution in [0.2, 0.25) is 0 Å². The monoisotopic (exact) mass is 492 g/mol. The molecule has 0 rings (SSSR count). The molecular formula is C32H60O3. The normalized spacial score (nSPS) is 11.7. The van der Waals surface area contributed by atoms with E-state index >= 15 is 0 Å². The molecule has 0 unspecified atom stereocenters. The van der Waals surface area contributed by atoms with Gasteiger partial charge in [-0.3, -0.25) is 4.79 Å². The van der Waals surface area contributed by atoms with Crippen molar-refractivity contribution in [3.05, 3.63) is 24.3 Å². The van der Waals surface area contributed by atoms with E-state index in [0.717, 1.165) is 32.1 Å². The van der Waals surface area contributed by atoms with Gasteiger partial charge in [-0.15, -0.1) is 0 Å². The van der Waals surface area contributed by atoms with E-state index < -0.39 is 0 Å². The molecule has 0 aromatic rings. The van der Waals surface area contributed by atoms with Crippen LogP contribution in [-0.4, -0.2) is 24.3 Å². The van der Waals surface area contributed by atoms with Gasteiger partial charge in [-0.1, -0.05) is 128 Å². The summed E-state index contributed by atoms with van der Waals surface area (Å²) in [6, 6.07) is 0. The molecule has 0 aromatic heterocycles. The highest BCUT2D eigenvalue weighted by Crippen LogP contribution is 2.12. The molecule has 0 radical (unpaired) electrons. The van der Waals surface area contributed by atoms with Crippen molar-refractivity contribution in [2.24, 2.45) is 0 Å². The second-order valence-corrected chi connectivity index (χ2v) is 10.2. The number of aliphatic hydroxyl groups excluding tert-OH is 1. The van der Waals surface area contributed by atoms with Crippen LogP contribution in [-0.2, 0) is 9.53 Å². The lowest BCUT2D eigenvalue weighted by Crippen LogP contribution is -2.05. The van der Waals surface area contributed by atoms with Gasteiger partial charge in [-0.05, 0) is 51.4 Å². The second kappa shape index (κ2) is 30.9. The van der Waals surface area contributed by atoms with Crippen LogP contribution in [0.15, 0.2) is 24.3 Å². The summed E-state index contributed by atoms with van der Waals surface area (Å²) in [6.07, 6.45) is 38.0. The van der Waals surface area contributed by atoms with Gasteiger partial charge in [0.05, 0.1) is 6.61 Å². The van der Waals surface area contributed by atoms with E-state index in [-0.39, 0.29) is 5.97 Å². The minimum atomic E-state index is -0.00493. The average Bonchev–Trinajstić information content (AvgIpc) is 2.86. The lowest BCUT2D eigenvalue weighted by Gasteiger charge is -2.05. The fourth-order valence-electron chi connectivity index (χ4n) is 4.32. The topological polar surface area (TPSA) is 46.5 Å². The number of aliphatic hydroxyl groups is 1. The van der Waals surface area contributed by atoms with Gasteiger partial charge >= 0.3 is 5.97 Å². The van der Waals surface area contributed by atoms with E-state index in [4.69, 9.17) is 9.84 Å². The van der Waals surface area contributed by atoms with Crippen molar-refractivity contribution < 1.29 is 14.6 Å². The lowest BCUT2D eigenvalue weighted by atomic mass is 10.1. The Kier molecular flexibility index (Phi) is 30.0. The van der Waals surface area contributed by atoms with Crippen LogP contribution in [0.5, 0.6) is 0 Å². The van der Waals surface area contributed by atoms with Crippen molar-refractivity contribution in [2.45, 2.75) is 161 Å². The minimum Gasteiger partial charge on any atom is -0.466 e. The van der Waals surface area contributed by atoms with Crippen LogP contribution in [0.1, 0.15) is 161 Å². The van der Waals surface area contributed by atoms with Crippen LogP contribution >= 0.6 is 0 Å². The Bertz CT molecular complexity index is 469. The van der Waals surface area contributed by atoms with Crippen molar-refractivity contribution >= 4 is 5.97 Å². The highest BCUT2D eigenvalue weighted by atomic mass is 16.5. The summed E-state index contributed by atoms with van der Waals surface area (Å²) in [6.45, 7) is 3.20. The zero-order chi connectivity index (χ0) is 25.5. The molecule has 1 N–H and O–H groups in total. The number of hydrogen-bond donors (Lipinski definition) is 1. The van der Waals surface area contributed by atoms with E-state index in [2.05, 4.69) is 31.2 Å². The average molecular weight is 493 g/mol. The number of allylic oxidation sites excluding steroid dienone is 4. The molecule has 0 saturated heterocycles. The summed E-state index contributed by atoms with van der Waals surface area (Å²) in [7, 11) is 0. The number of hydrogen-bond acceptors (Lipinski definition) is 3. The maximum atomic E-state index is 11.8. The fraction of sp³-hybridized carbons (Fsp3) is 0.844. The van der Waals surface area contributed by atoms with Gasteiger partial charge in [0, 0.05) is 13.0 Å². The van der Waals surface area contributed by atoms with Crippen LogP contribution in [0.3, 0.4) is 0 Å². The smallest absolute Gasteiger partial charge is 0.305 e. The number of ether oxygens (including phenoxy) is 1. The third-order valence-electron chi connectivity index (χ3n) is 6.65. The van der Waals surface area contributed by atoms with Gasteiger partial charge < -0.3 is 9.84 Å². The number of esters is 1. The Morgan fingerprint density at radius 2 is 1.03 bits per heavy atom. The summed E-state index contributed by atoms with van der Waals surface area (Å²) in [4.78, 5) is 11.8. The second-order valence-electron chi connectivity index (χ2n) is 10.2. The van der Waals surface area contributed by atoms with E-state index in [1.807, 2.05) is 0 Å². The molecule has 3 nitrogen and oxygen atoms in total. The van der Waals surface area contributed by atoms with Gasteiger partial charge in [-0.25, -0.2) is 0 Å². The summed E-state index contributed by atoms with van der Waals surface area (Å²) in [5, 5.41) is 8.76. The first-order valence-electron chi connectivity index (χ1n) is 15.4. The molecule has 0 aliphatic rings. The number of carbonyl (C=O) groups is 1. The predicted molar refractivity (Wildman–Crippen MR) is 153 cm³/mol. The van der Waals surface area contributed by atoms with Crippen molar-refractivity contribution in [2.75, 3.05) is 13.2 Å². The predicted octanol–water partition coefficient (Wildman–Crippen LogP) is 10.0. The fourth-order valence-corrected chi connectivity index (χ4v) is 4.32. The van der Waals surface area contributed by atoms with Gasteiger partial charge in [0.25, 0.3) is 0 Å². The Balaban J connectivity index is 3.23. The van der Waals surface area contributed by atoms with E-state index in [0.29, 0.717) is 19.6 Å². The Morgan fingerprint density at radius 1 is 0.571 bits per heavy atom. The molecule has 206 valence electrons. The van der Waals surface area contributed by atoms with Gasteiger partial charge in [0.15, 0.2) is 0 Å². The largest absolute Gasteiger partial charge is 0.466 e. The summed E-state index contributed by atoms with van der Waals surface area (Å²) >= 11 is 0. The molecule has 0 fully saturated rings. The molecule has 0 saturated carbocycles. The maximum absolute atomic E-state index is 11.8. The highest BCUT2D eigenvalue weighted by molar-refractivity contribution is 5.69. The van der Waals surface area contributed by atoms with Crippen molar-refractivity contribution in [3.8, 4) is 0 Å². The van der Waals surface area contributed by atoms with Gasteiger partial charge in [0.2, 0.25) is 0 Å². The molecule has 35 heavy (non-hydrogen) atoms. The van der Waals surface area contributed by atoms with Crippen molar-refractivity contribution in [3.63, 3.8) is 0 Å². The van der Waals surface area contributed by atoms with E-state index in [9.17, 15) is 4.79 Å². The van der Waals surface area contributed by atoms with Gasteiger partial charge in [0.1, 0.15) is 0 Å². The Labute approximate surface area is 219 Å². The molecule has 0 aromatic carbocycles. The molecular weight excluding hydrogens is 432 g/mol. The molecule has 3 heteroatoms. The maximum Gasteiger partial charge on any atom is 0.305 e. The lowest BCUT2D eigenvalue weighted by molar-refractivity contribution is -0.143. The molecule has 0 aliphatic carbocycles. The zero-order valence-electron chi connectivity index (χ0n) is 23.5. The van der Waals surface area contributed by atoms with E-state index in [1.54, 1.807) is 0 Å². The Morgan fingerprint density at radius 3 is 1.57 bits per heavy atom. The molecule has 0 spiro atoms. The van der Waals surface area contributed by atoms with Crippen molar-refractivity contribution in [1.82, 2.24) is 0 Å². The SMILES string of the molecule is CCCCC/C=C\C/C=C\CCCCCCCC(=O)OCCCCCCCCCCCCCCO. The molecule has 0 aliphatic heterocycles. The number of carbonyl (C=O) groups excluding carboxylic acids is 1. The molecule has 0 atom stereocenters. The summed E-state index contributed by atoms with van der Waals surface area (Å²) < 4.78 is 5.39. The number of rotatable bonds is 28. The van der Waals surface area contributed by atoms with Gasteiger partial charge in [-0.2, -0.15) is 0 Å². The summed E-state index contributed by atoms with van der Waals surface area (Å²) in [5.41, 5.74) is 0. The zero-order valence-corrected chi connectivity index (χ0v) is 23.5. The highest BCUT2D eigenvalue weighted by Gasteiger charge is 2.02. The first-order chi connectivity index (χ1) is 17.3. The quantitative estimate of drug-likeness (QED) is 0.0671. The Hall–Kier alpha value is -1.09. The summed E-state index contributed by atoms with van der Waals surface area (Å²) in [5.74, 6) is -0.00493. The standard InChI is InChI=1S/C32H60O3/c1-2-3-4-5-6-7-8-9-10-11-14-17-20-23-26-29-32(34)35-31-28-25-22-19-16-13-12-15-18-21-24-27-30-33/h6-7,9-10,33H,2-5,8,11-31H2,1H3/b7-6-,10-9-. The van der Waals surface area contributed by atoms with Crippen LogP contribution in [0, 0.1) is 0 Å². The van der Waals surface area contributed by atoms with Crippen LogP contribution in [0.25, 0.3) is 0 Å². The van der Waals surface area contributed by atoms with E-state index in [1.165, 1.54) is 116 Å². The minimum absolute atomic E-state index is 0.00493. The first-order valence-corrected chi connectivity index (χ1v) is 15.4. The first kappa shape index (κ1) is 33.9. The van der Waals surface area contributed by atoms with Crippen LogP contribution in [0.4, 0.5) is 0 Å². The molecule has 0 heterocycles.